The van der Waals surface area contributed by atoms with Gasteiger partial charge in [0.1, 0.15) is 0 Å². The van der Waals surface area contributed by atoms with Crippen LogP contribution in [0.5, 0.6) is 0 Å². The molecule has 0 amide bonds. The van der Waals surface area contributed by atoms with Gasteiger partial charge in [0.05, 0.1) is 33.4 Å². The number of aromatic nitrogens is 5. The third-order valence-corrected chi connectivity index (χ3v) is 12.0. The number of hydrogen-bond acceptors (Lipinski definition) is 3. The third-order valence-electron chi connectivity index (χ3n) is 12.0. The van der Waals surface area contributed by atoms with Crippen molar-refractivity contribution in [1.82, 2.24) is 24.1 Å². The zero-order valence-corrected chi connectivity index (χ0v) is 33.6. The summed E-state index contributed by atoms with van der Waals surface area (Å²) in [6.45, 7) is 0. The van der Waals surface area contributed by atoms with Crippen LogP contribution in [0.3, 0.4) is 0 Å². The molecule has 3 heterocycles. The maximum absolute atomic E-state index is 5.28. The van der Waals surface area contributed by atoms with Crippen LogP contribution < -0.4 is 0 Å². The quantitative estimate of drug-likeness (QED) is 0.162. The monoisotopic (exact) mass is 791 g/mol. The molecule has 0 aliphatic rings. The predicted octanol–water partition coefficient (Wildman–Crippen LogP) is 14.4. The van der Waals surface area contributed by atoms with Gasteiger partial charge in [-0.05, 0) is 65.7 Å². The first-order valence-electron chi connectivity index (χ1n) is 21.0. The van der Waals surface area contributed by atoms with Crippen LogP contribution in [0.15, 0.2) is 224 Å². The van der Waals surface area contributed by atoms with Crippen LogP contribution in [0.1, 0.15) is 0 Å². The Morgan fingerprint density at radius 1 is 0.242 bits per heavy atom. The minimum absolute atomic E-state index is 0.607. The van der Waals surface area contributed by atoms with Crippen LogP contribution >= 0.6 is 0 Å². The van der Waals surface area contributed by atoms with Crippen molar-refractivity contribution in [2.75, 3.05) is 0 Å². The molecule has 0 aliphatic carbocycles. The molecule has 62 heavy (non-hydrogen) atoms. The van der Waals surface area contributed by atoms with Gasteiger partial charge in [0.2, 0.25) is 0 Å². The van der Waals surface area contributed by atoms with E-state index in [4.69, 9.17) is 15.0 Å². The van der Waals surface area contributed by atoms with E-state index in [1.807, 2.05) is 18.2 Å². The minimum atomic E-state index is 0.607. The van der Waals surface area contributed by atoms with Crippen LogP contribution in [-0.4, -0.2) is 24.1 Å². The van der Waals surface area contributed by atoms with Crippen molar-refractivity contribution in [1.29, 1.82) is 0 Å². The SMILES string of the molecule is c1ccc(-c2nc(-c3cccc(-c4ccccc4-n4c5ccccc5c5ccccc54)c3)nc(-c3ccc(-n4c5ccccc5c5ccccc54)c(-c4ccccc4)c3)n2)cc1. The molecule has 0 unspecified atom stereocenters. The van der Waals surface area contributed by atoms with Crippen LogP contribution in [0.2, 0.25) is 0 Å². The van der Waals surface area contributed by atoms with Crippen molar-refractivity contribution in [3.63, 3.8) is 0 Å². The summed E-state index contributed by atoms with van der Waals surface area (Å²) in [7, 11) is 0. The molecule has 290 valence electrons. The topological polar surface area (TPSA) is 48.5 Å². The van der Waals surface area contributed by atoms with Crippen molar-refractivity contribution in [2.45, 2.75) is 0 Å². The zero-order valence-electron chi connectivity index (χ0n) is 33.6. The molecular formula is C57H37N5. The highest BCUT2D eigenvalue weighted by Crippen LogP contribution is 2.40. The fraction of sp³-hybridized carbons (Fsp3) is 0. The molecule has 0 saturated heterocycles. The maximum Gasteiger partial charge on any atom is 0.164 e. The Balaban J connectivity index is 1.03. The molecule has 9 aromatic carbocycles. The second kappa shape index (κ2) is 14.7. The molecule has 3 aromatic heterocycles. The number of benzene rings is 9. The number of hydrogen-bond donors (Lipinski definition) is 0. The van der Waals surface area contributed by atoms with Gasteiger partial charge in [-0.2, -0.15) is 0 Å². The van der Waals surface area contributed by atoms with E-state index in [-0.39, 0.29) is 0 Å². The Kier molecular flexibility index (Phi) is 8.42. The van der Waals surface area contributed by atoms with Gasteiger partial charge in [-0.25, -0.2) is 15.0 Å². The van der Waals surface area contributed by atoms with E-state index < -0.39 is 0 Å². The molecule has 12 aromatic rings. The molecule has 0 spiro atoms. The van der Waals surface area contributed by atoms with E-state index in [0.717, 1.165) is 61.4 Å². The van der Waals surface area contributed by atoms with Gasteiger partial charge in [0.25, 0.3) is 0 Å². The summed E-state index contributed by atoms with van der Waals surface area (Å²) in [6.07, 6.45) is 0. The van der Waals surface area contributed by atoms with Gasteiger partial charge in [-0.1, -0.05) is 170 Å². The van der Waals surface area contributed by atoms with Gasteiger partial charge in [0.15, 0.2) is 17.5 Å². The summed E-state index contributed by atoms with van der Waals surface area (Å²) in [4.78, 5) is 15.6. The molecule has 0 fully saturated rings. The minimum Gasteiger partial charge on any atom is -0.309 e. The van der Waals surface area contributed by atoms with Gasteiger partial charge in [-0.3, -0.25) is 0 Å². The smallest absolute Gasteiger partial charge is 0.164 e. The molecule has 0 bridgehead atoms. The standard InChI is InChI=1S/C57H37N5/c1-3-18-38(19-4-1)48-37-42(34-35-54(48)62-52-32-15-10-27-46(52)47-28-11-16-33-53(47)62)57-59-55(39-20-5-2-6-21-39)58-56(60-57)41-23-17-22-40(36-41)43-24-7-12-29-49(43)61-50-30-13-8-25-44(50)45-26-9-14-31-51(45)61/h1-37H. The summed E-state index contributed by atoms with van der Waals surface area (Å²) in [5, 5.41) is 4.91. The molecule has 0 atom stereocenters. The maximum atomic E-state index is 5.28. The normalized spacial score (nSPS) is 11.5. The molecule has 5 heteroatoms. The Morgan fingerprint density at radius 3 is 1.18 bits per heavy atom. The second-order valence-electron chi connectivity index (χ2n) is 15.6. The van der Waals surface area contributed by atoms with E-state index in [1.54, 1.807) is 0 Å². The summed E-state index contributed by atoms with van der Waals surface area (Å²) in [6, 6.07) is 79.2. The van der Waals surface area contributed by atoms with Crippen molar-refractivity contribution < 1.29 is 0 Å². The average molecular weight is 792 g/mol. The molecule has 5 nitrogen and oxygen atoms in total. The number of rotatable bonds is 7. The Labute approximate surface area is 358 Å². The Hall–Kier alpha value is -8.41. The van der Waals surface area contributed by atoms with Crippen LogP contribution in [0.25, 0.3) is 111 Å². The van der Waals surface area contributed by atoms with Crippen molar-refractivity contribution in [3.05, 3.63) is 224 Å². The van der Waals surface area contributed by atoms with Crippen LogP contribution in [0.4, 0.5) is 0 Å². The molecule has 0 aliphatic heterocycles. The van der Waals surface area contributed by atoms with Gasteiger partial charge in [-0.15, -0.1) is 0 Å². The van der Waals surface area contributed by atoms with Crippen molar-refractivity contribution in [3.8, 4) is 67.8 Å². The molecule has 0 radical (unpaired) electrons. The second-order valence-corrected chi connectivity index (χ2v) is 15.6. The number of nitrogens with zero attached hydrogens (tertiary/aromatic N) is 5. The molecule has 12 rings (SSSR count). The van der Waals surface area contributed by atoms with Crippen molar-refractivity contribution in [2.24, 2.45) is 0 Å². The lowest BCUT2D eigenvalue weighted by Crippen LogP contribution is -2.02. The molecular weight excluding hydrogens is 755 g/mol. The zero-order chi connectivity index (χ0) is 41.0. The van der Waals surface area contributed by atoms with Gasteiger partial charge < -0.3 is 9.13 Å². The van der Waals surface area contributed by atoms with E-state index >= 15 is 0 Å². The lowest BCUT2D eigenvalue weighted by Gasteiger charge is -2.16. The van der Waals surface area contributed by atoms with E-state index in [0.29, 0.717) is 17.5 Å². The first-order chi connectivity index (χ1) is 30.8. The van der Waals surface area contributed by atoms with Crippen molar-refractivity contribution >= 4 is 43.6 Å². The van der Waals surface area contributed by atoms with E-state index in [2.05, 4.69) is 215 Å². The summed E-state index contributed by atoms with van der Waals surface area (Å²) < 4.78 is 4.77. The highest BCUT2D eigenvalue weighted by Gasteiger charge is 2.20. The van der Waals surface area contributed by atoms with Crippen LogP contribution in [0, 0.1) is 0 Å². The number of fused-ring (bicyclic) bond motifs is 6. The Bertz CT molecular complexity index is 3530. The largest absolute Gasteiger partial charge is 0.309 e. The highest BCUT2D eigenvalue weighted by molar-refractivity contribution is 6.11. The molecule has 0 N–H and O–H groups in total. The average Bonchev–Trinajstić information content (AvgIpc) is 3.87. The fourth-order valence-corrected chi connectivity index (χ4v) is 9.17. The fourth-order valence-electron chi connectivity index (χ4n) is 9.17. The predicted molar refractivity (Wildman–Crippen MR) is 256 cm³/mol. The van der Waals surface area contributed by atoms with Crippen LogP contribution in [-0.2, 0) is 0 Å². The lowest BCUT2D eigenvalue weighted by molar-refractivity contribution is 1.07. The number of para-hydroxylation sites is 5. The summed E-state index contributed by atoms with van der Waals surface area (Å²) in [5.41, 5.74) is 14.0. The van der Waals surface area contributed by atoms with Gasteiger partial charge >= 0.3 is 0 Å². The molecule has 0 saturated carbocycles. The van der Waals surface area contributed by atoms with E-state index in [9.17, 15) is 0 Å². The highest BCUT2D eigenvalue weighted by atomic mass is 15.0. The lowest BCUT2D eigenvalue weighted by atomic mass is 9.99. The van der Waals surface area contributed by atoms with E-state index in [1.165, 1.54) is 32.6 Å². The first kappa shape index (κ1) is 35.5. The van der Waals surface area contributed by atoms with Gasteiger partial charge in [0, 0.05) is 49.4 Å². The summed E-state index contributed by atoms with van der Waals surface area (Å²) in [5.74, 6) is 1.84. The summed E-state index contributed by atoms with van der Waals surface area (Å²) >= 11 is 0. The Morgan fingerprint density at radius 2 is 0.629 bits per heavy atom. The third kappa shape index (κ3) is 5.90. The first-order valence-corrected chi connectivity index (χ1v) is 21.0.